The molecule has 0 fully saturated rings. The lowest BCUT2D eigenvalue weighted by Crippen LogP contribution is -2.30. The van der Waals surface area contributed by atoms with Crippen LogP contribution in [0.4, 0.5) is 0 Å². The average molecular weight is 425 g/mol. The molecule has 3 rings (SSSR count). The fourth-order valence-corrected chi connectivity index (χ4v) is 4.20. The summed E-state index contributed by atoms with van der Waals surface area (Å²) in [5.41, 5.74) is 6.14. The third-order valence-corrected chi connectivity index (χ3v) is 5.87. The molecule has 1 aromatic carbocycles. The number of carbonyl (C=O) groups excluding carboxylic acids is 1. The molecular weight excluding hydrogens is 392 g/mol. The molecule has 0 aliphatic rings. The molecule has 3 aromatic rings. The van der Waals surface area contributed by atoms with Crippen molar-refractivity contribution in [3.8, 4) is 11.5 Å². The van der Waals surface area contributed by atoms with Crippen LogP contribution in [0.2, 0.25) is 0 Å². The predicted molar refractivity (Wildman–Crippen MR) is 122 cm³/mol. The van der Waals surface area contributed by atoms with Gasteiger partial charge in [-0.05, 0) is 62.9 Å². The fraction of sp³-hybridized carbons (Fsp3) is 0.458. The molecule has 7 nitrogen and oxygen atoms in total. The molecule has 0 saturated heterocycles. The van der Waals surface area contributed by atoms with Gasteiger partial charge in [-0.3, -0.25) is 9.48 Å². The number of fused-ring (bicyclic) bond motifs is 1. The topological polar surface area (TPSA) is 69.5 Å². The molecule has 0 saturated carbocycles. The maximum absolute atomic E-state index is 13.0. The quantitative estimate of drug-likeness (QED) is 0.549. The number of aryl methyl sites for hydroxylation is 4. The Labute approximate surface area is 184 Å². The van der Waals surface area contributed by atoms with Crippen molar-refractivity contribution in [1.29, 1.82) is 0 Å². The Balaban J connectivity index is 1.76. The van der Waals surface area contributed by atoms with Crippen LogP contribution in [0.5, 0.6) is 11.5 Å². The third-order valence-electron chi connectivity index (χ3n) is 5.87. The lowest BCUT2D eigenvalue weighted by molar-refractivity contribution is -0.131. The number of hydrogen-bond donors (Lipinski definition) is 0. The van der Waals surface area contributed by atoms with Gasteiger partial charge in [-0.1, -0.05) is 6.07 Å². The van der Waals surface area contributed by atoms with Crippen LogP contribution in [0, 0.1) is 20.8 Å². The number of amides is 1. The Bertz CT molecular complexity index is 1100. The van der Waals surface area contributed by atoms with Gasteiger partial charge in [0, 0.05) is 37.6 Å². The highest BCUT2D eigenvalue weighted by Crippen LogP contribution is 2.29. The largest absolute Gasteiger partial charge is 0.493 e. The number of aromatic nitrogens is 3. The molecule has 166 valence electrons. The number of methoxy groups -OCH3 is 2. The first-order valence-electron chi connectivity index (χ1n) is 10.6. The van der Waals surface area contributed by atoms with Crippen LogP contribution in [0.25, 0.3) is 11.0 Å². The molecule has 2 heterocycles. The molecule has 1 amide bonds. The minimum Gasteiger partial charge on any atom is -0.493 e. The van der Waals surface area contributed by atoms with E-state index in [1.54, 1.807) is 14.2 Å². The van der Waals surface area contributed by atoms with Crippen LogP contribution in [0.3, 0.4) is 0 Å². The van der Waals surface area contributed by atoms with Gasteiger partial charge in [0.05, 0.1) is 19.9 Å². The molecule has 2 aromatic heterocycles. The highest BCUT2D eigenvalue weighted by atomic mass is 16.5. The maximum atomic E-state index is 13.0. The van der Waals surface area contributed by atoms with Gasteiger partial charge in [-0.25, -0.2) is 4.98 Å². The monoisotopic (exact) mass is 424 g/mol. The van der Waals surface area contributed by atoms with E-state index in [4.69, 9.17) is 14.5 Å². The Hall–Kier alpha value is -3.09. The number of carbonyl (C=O) groups is 1. The summed E-state index contributed by atoms with van der Waals surface area (Å²) >= 11 is 0. The minimum atomic E-state index is 0.124. The first-order chi connectivity index (χ1) is 14.8. The molecule has 0 unspecified atom stereocenters. The molecule has 0 radical (unpaired) electrons. The molecule has 0 spiro atoms. The molecule has 0 atom stereocenters. The Morgan fingerprint density at radius 2 is 1.81 bits per heavy atom. The maximum Gasteiger partial charge on any atom is 0.223 e. The zero-order valence-corrected chi connectivity index (χ0v) is 19.6. The van der Waals surface area contributed by atoms with E-state index in [1.165, 1.54) is 5.56 Å². The second-order valence-electron chi connectivity index (χ2n) is 7.81. The van der Waals surface area contributed by atoms with Crippen molar-refractivity contribution < 1.29 is 14.3 Å². The lowest BCUT2D eigenvalue weighted by atomic mass is 9.99. The fourth-order valence-electron chi connectivity index (χ4n) is 4.20. The number of benzene rings is 1. The number of rotatable bonds is 8. The van der Waals surface area contributed by atoms with E-state index in [0.717, 1.165) is 33.5 Å². The number of ether oxygens (including phenoxy) is 2. The van der Waals surface area contributed by atoms with Gasteiger partial charge in [-0.2, -0.15) is 5.10 Å². The van der Waals surface area contributed by atoms with Gasteiger partial charge in [0.25, 0.3) is 0 Å². The Morgan fingerprint density at radius 1 is 1.10 bits per heavy atom. The van der Waals surface area contributed by atoms with Crippen LogP contribution in [0.1, 0.15) is 41.4 Å². The standard InChI is InChI=1S/C24H32N4O3/c1-8-28(14-18-9-11-20(30-6)21(13-18)31-7)22(29)12-10-19-15(2)23-17(4)26-27(5)24(23)25-16(19)3/h9,11,13H,8,10,12,14H2,1-7H3. The zero-order valence-electron chi connectivity index (χ0n) is 19.6. The molecule has 0 bridgehead atoms. The number of nitrogens with zero attached hydrogens (tertiary/aromatic N) is 4. The summed E-state index contributed by atoms with van der Waals surface area (Å²) in [6.45, 7) is 9.30. The van der Waals surface area contributed by atoms with Gasteiger partial charge in [-0.15, -0.1) is 0 Å². The SMILES string of the molecule is CCN(Cc1ccc(OC)c(OC)c1)C(=O)CCc1c(C)nc2c(c(C)nn2C)c1C. The van der Waals surface area contributed by atoms with Crippen LogP contribution < -0.4 is 9.47 Å². The van der Waals surface area contributed by atoms with E-state index in [1.807, 2.05) is 55.6 Å². The van der Waals surface area contributed by atoms with Gasteiger partial charge in [0.1, 0.15) is 0 Å². The van der Waals surface area contributed by atoms with E-state index >= 15 is 0 Å². The smallest absolute Gasteiger partial charge is 0.223 e. The first-order valence-corrected chi connectivity index (χ1v) is 10.6. The number of pyridine rings is 1. The predicted octanol–water partition coefficient (Wildman–Crippen LogP) is 3.89. The van der Waals surface area contributed by atoms with E-state index in [9.17, 15) is 4.79 Å². The van der Waals surface area contributed by atoms with Crippen LogP contribution >= 0.6 is 0 Å². The second-order valence-corrected chi connectivity index (χ2v) is 7.81. The molecule has 7 heteroatoms. The van der Waals surface area contributed by atoms with Crippen LogP contribution in [-0.2, 0) is 24.8 Å². The van der Waals surface area contributed by atoms with E-state index in [-0.39, 0.29) is 5.91 Å². The van der Waals surface area contributed by atoms with Gasteiger partial charge in [0.15, 0.2) is 17.1 Å². The molecule has 0 aliphatic carbocycles. The van der Waals surface area contributed by atoms with Crippen LogP contribution in [0.15, 0.2) is 18.2 Å². The summed E-state index contributed by atoms with van der Waals surface area (Å²) in [4.78, 5) is 19.6. The first kappa shape index (κ1) is 22.6. The van der Waals surface area contributed by atoms with E-state index in [2.05, 4.69) is 12.0 Å². The Kier molecular flexibility index (Phi) is 6.83. The van der Waals surface area contributed by atoms with Crippen molar-refractivity contribution in [2.24, 2.45) is 7.05 Å². The highest BCUT2D eigenvalue weighted by Gasteiger charge is 2.18. The van der Waals surface area contributed by atoms with Gasteiger partial charge < -0.3 is 14.4 Å². The molecule has 31 heavy (non-hydrogen) atoms. The summed E-state index contributed by atoms with van der Waals surface area (Å²) in [5, 5.41) is 5.59. The average Bonchev–Trinajstić information content (AvgIpc) is 3.04. The summed E-state index contributed by atoms with van der Waals surface area (Å²) in [5.74, 6) is 1.47. The van der Waals surface area contributed by atoms with Crippen molar-refractivity contribution >= 4 is 16.9 Å². The van der Waals surface area contributed by atoms with E-state index in [0.29, 0.717) is 37.4 Å². The van der Waals surface area contributed by atoms with Crippen molar-refractivity contribution in [2.75, 3.05) is 20.8 Å². The molecule has 0 aliphatic heterocycles. The lowest BCUT2D eigenvalue weighted by Gasteiger charge is -2.22. The molecule has 0 N–H and O–H groups in total. The minimum absolute atomic E-state index is 0.124. The van der Waals surface area contributed by atoms with Crippen molar-refractivity contribution in [3.05, 3.63) is 46.3 Å². The Morgan fingerprint density at radius 3 is 2.45 bits per heavy atom. The van der Waals surface area contributed by atoms with Crippen molar-refractivity contribution in [1.82, 2.24) is 19.7 Å². The van der Waals surface area contributed by atoms with Crippen molar-refractivity contribution in [2.45, 2.75) is 47.1 Å². The summed E-state index contributed by atoms with van der Waals surface area (Å²) < 4.78 is 12.5. The highest BCUT2D eigenvalue weighted by molar-refractivity contribution is 5.84. The summed E-state index contributed by atoms with van der Waals surface area (Å²) in [6.07, 6.45) is 1.10. The van der Waals surface area contributed by atoms with Gasteiger partial charge in [0.2, 0.25) is 5.91 Å². The zero-order chi connectivity index (χ0) is 22.7. The summed E-state index contributed by atoms with van der Waals surface area (Å²) in [7, 11) is 5.14. The van der Waals surface area contributed by atoms with Crippen molar-refractivity contribution in [3.63, 3.8) is 0 Å². The number of hydrogen-bond acceptors (Lipinski definition) is 5. The van der Waals surface area contributed by atoms with Crippen LogP contribution in [-0.4, -0.2) is 46.3 Å². The molecular formula is C24H32N4O3. The van der Waals surface area contributed by atoms with E-state index < -0.39 is 0 Å². The normalized spacial score (nSPS) is 11.1. The van der Waals surface area contributed by atoms with Gasteiger partial charge >= 0.3 is 0 Å². The third kappa shape index (κ3) is 4.50. The summed E-state index contributed by atoms with van der Waals surface area (Å²) in [6, 6.07) is 5.76. The second kappa shape index (κ2) is 9.37.